The van der Waals surface area contributed by atoms with E-state index in [-0.39, 0.29) is 5.76 Å². The monoisotopic (exact) mass is 273 g/mol. The van der Waals surface area contributed by atoms with E-state index in [4.69, 9.17) is 9.68 Å². The van der Waals surface area contributed by atoms with Crippen molar-refractivity contribution in [2.45, 2.75) is 10.6 Å². The van der Waals surface area contributed by atoms with Crippen LogP contribution in [-0.2, 0) is 10.5 Å². The maximum atomic E-state index is 11.2. The first-order valence-corrected chi connectivity index (χ1v) is 6.52. The molecule has 0 fully saturated rings. The van der Waals surface area contributed by atoms with Crippen LogP contribution in [0.1, 0.15) is 21.9 Å². The molecule has 2 rings (SSSR count). The van der Waals surface area contributed by atoms with Gasteiger partial charge in [-0.15, -0.1) is 11.8 Å². The molecule has 4 nitrogen and oxygen atoms in total. The van der Waals surface area contributed by atoms with Crippen LogP contribution in [0.15, 0.2) is 45.7 Å². The fourth-order valence-electron chi connectivity index (χ4n) is 1.50. The zero-order valence-corrected chi connectivity index (χ0v) is 11.1. The molecule has 0 bridgehead atoms. The number of nitriles is 1. The van der Waals surface area contributed by atoms with Gasteiger partial charge >= 0.3 is 5.97 Å². The molecule has 0 spiro atoms. The summed E-state index contributed by atoms with van der Waals surface area (Å²) < 4.78 is 9.92. The first kappa shape index (κ1) is 13.2. The van der Waals surface area contributed by atoms with Crippen LogP contribution >= 0.6 is 11.8 Å². The highest BCUT2D eigenvalue weighted by Gasteiger charge is 2.11. The summed E-state index contributed by atoms with van der Waals surface area (Å²) in [5.41, 5.74) is 0.632. The number of nitrogens with zero attached hydrogens (tertiary/aromatic N) is 1. The highest BCUT2D eigenvalue weighted by atomic mass is 32.2. The van der Waals surface area contributed by atoms with Crippen LogP contribution in [0.5, 0.6) is 0 Å². The molecule has 0 aliphatic carbocycles. The Balaban J connectivity index is 2.05. The van der Waals surface area contributed by atoms with E-state index in [1.54, 1.807) is 18.2 Å². The summed E-state index contributed by atoms with van der Waals surface area (Å²) in [5, 5.41) is 8.98. The van der Waals surface area contributed by atoms with Crippen LogP contribution < -0.4 is 0 Å². The fraction of sp³-hybridized carbons (Fsp3) is 0.143. The lowest BCUT2D eigenvalue weighted by Crippen LogP contribution is -1.98. The van der Waals surface area contributed by atoms with Gasteiger partial charge in [-0.25, -0.2) is 4.79 Å². The largest absolute Gasteiger partial charge is 0.463 e. The minimum atomic E-state index is -0.492. The number of benzene rings is 1. The molecule has 1 aromatic heterocycles. The highest BCUT2D eigenvalue weighted by Crippen LogP contribution is 2.26. The summed E-state index contributed by atoms with van der Waals surface area (Å²) in [6.07, 6.45) is 0. The first-order valence-electron chi connectivity index (χ1n) is 5.53. The van der Waals surface area contributed by atoms with Gasteiger partial charge < -0.3 is 9.15 Å². The van der Waals surface area contributed by atoms with E-state index in [0.717, 1.165) is 4.90 Å². The third-order valence-corrected chi connectivity index (χ3v) is 3.52. The molecule has 1 heterocycles. The second kappa shape index (κ2) is 6.12. The third-order valence-electron chi connectivity index (χ3n) is 2.43. The van der Waals surface area contributed by atoms with Gasteiger partial charge in [0.25, 0.3) is 0 Å². The van der Waals surface area contributed by atoms with Crippen LogP contribution in [0.4, 0.5) is 0 Å². The maximum Gasteiger partial charge on any atom is 0.373 e. The number of hydrogen-bond acceptors (Lipinski definition) is 5. The Morgan fingerprint density at radius 2 is 2.16 bits per heavy atom. The number of thioether (sulfide) groups is 1. The summed E-state index contributed by atoms with van der Waals surface area (Å²) >= 11 is 1.49. The van der Waals surface area contributed by atoms with E-state index in [1.165, 1.54) is 18.9 Å². The Morgan fingerprint density at radius 1 is 1.37 bits per heavy atom. The van der Waals surface area contributed by atoms with E-state index in [2.05, 4.69) is 10.8 Å². The lowest BCUT2D eigenvalue weighted by molar-refractivity contribution is 0.0563. The second-order valence-electron chi connectivity index (χ2n) is 3.65. The van der Waals surface area contributed by atoms with Crippen LogP contribution in [-0.4, -0.2) is 13.1 Å². The van der Waals surface area contributed by atoms with Crippen molar-refractivity contribution >= 4 is 17.7 Å². The van der Waals surface area contributed by atoms with Gasteiger partial charge in [-0.1, -0.05) is 12.1 Å². The van der Waals surface area contributed by atoms with Gasteiger partial charge in [-0.2, -0.15) is 5.26 Å². The Morgan fingerprint density at radius 3 is 2.89 bits per heavy atom. The zero-order valence-electron chi connectivity index (χ0n) is 10.3. The molecule has 0 aliphatic heterocycles. The number of hydrogen-bond donors (Lipinski definition) is 0. The summed E-state index contributed by atoms with van der Waals surface area (Å²) in [6.45, 7) is 0. The quantitative estimate of drug-likeness (QED) is 0.632. The highest BCUT2D eigenvalue weighted by molar-refractivity contribution is 7.98. The normalized spacial score (nSPS) is 9.89. The third kappa shape index (κ3) is 3.18. The second-order valence-corrected chi connectivity index (χ2v) is 4.67. The minimum Gasteiger partial charge on any atom is -0.463 e. The minimum absolute atomic E-state index is 0.187. The van der Waals surface area contributed by atoms with Crippen molar-refractivity contribution in [1.29, 1.82) is 5.26 Å². The van der Waals surface area contributed by atoms with Gasteiger partial charge in [0.15, 0.2) is 0 Å². The summed E-state index contributed by atoms with van der Waals surface area (Å²) in [6, 6.07) is 12.8. The molecule has 0 amide bonds. The van der Waals surface area contributed by atoms with Gasteiger partial charge in [0, 0.05) is 4.90 Å². The molecule has 96 valence electrons. The van der Waals surface area contributed by atoms with Crippen molar-refractivity contribution in [2.75, 3.05) is 7.11 Å². The molecule has 5 heteroatoms. The lowest BCUT2D eigenvalue weighted by atomic mass is 10.2. The number of carbonyl (C=O) groups is 1. The number of furan rings is 1. The van der Waals surface area contributed by atoms with Crippen molar-refractivity contribution < 1.29 is 13.9 Å². The molecule has 2 aromatic rings. The topological polar surface area (TPSA) is 63.2 Å². The Kier molecular flexibility index (Phi) is 4.26. The predicted octanol–water partition coefficient (Wildman–Crippen LogP) is 3.23. The zero-order chi connectivity index (χ0) is 13.7. The average molecular weight is 273 g/mol. The molecule has 0 saturated carbocycles. The molecule has 0 atom stereocenters. The molecular formula is C14H11NO3S. The average Bonchev–Trinajstić information content (AvgIpc) is 2.93. The maximum absolute atomic E-state index is 11.2. The van der Waals surface area contributed by atoms with Gasteiger partial charge in [-0.3, -0.25) is 0 Å². The molecule has 0 saturated heterocycles. The summed E-state index contributed by atoms with van der Waals surface area (Å²) in [4.78, 5) is 12.1. The molecule has 19 heavy (non-hydrogen) atoms. The standard InChI is InChI=1S/C14H11NO3S/c1-17-14(16)12-7-6-11(18-12)9-19-13-5-3-2-4-10(13)8-15/h2-7H,9H2,1H3. The number of esters is 1. The predicted molar refractivity (Wildman–Crippen MR) is 70.8 cm³/mol. The molecule has 0 unspecified atom stereocenters. The van der Waals surface area contributed by atoms with E-state index < -0.39 is 5.97 Å². The van der Waals surface area contributed by atoms with E-state index in [9.17, 15) is 4.79 Å². The molecule has 0 radical (unpaired) electrons. The van der Waals surface area contributed by atoms with Gasteiger partial charge in [0.2, 0.25) is 5.76 Å². The van der Waals surface area contributed by atoms with Gasteiger partial charge in [0.1, 0.15) is 11.8 Å². The van der Waals surface area contributed by atoms with Crippen LogP contribution in [0.3, 0.4) is 0 Å². The molecular weight excluding hydrogens is 262 g/mol. The first-order chi connectivity index (χ1) is 9.24. The van der Waals surface area contributed by atoms with Crippen molar-refractivity contribution in [3.8, 4) is 6.07 Å². The number of methoxy groups -OCH3 is 1. The van der Waals surface area contributed by atoms with E-state index in [0.29, 0.717) is 17.1 Å². The van der Waals surface area contributed by atoms with E-state index in [1.807, 2.05) is 18.2 Å². The smallest absolute Gasteiger partial charge is 0.373 e. The Bertz CT molecular complexity index is 628. The van der Waals surface area contributed by atoms with Gasteiger partial charge in [-0.05, 0) is 24.3 Å². The Labute approximate surface area is 115 Å². The fourth-order valence-corrected chi connectivity index (χ4v) is 2.40. The van der Waals surface area contributed by atoms with Crippen molar-refractivity contribution in [3.05, 3.63) is 53.5 Å². The number of ether oxygens (including phenoxy) is 1. The number of rotatable bonds is 4. The number of carbonyl (C=O) groups excluding carboxylic acids is 1. The lowest BCUT2D eigenvalue weighted by Gasteiger charge is -2.01. The SMILES string of the molecule is COC(=O)c1ccc(CSc2ccccc2C#N)o1. The summed E-state index contributed by atoms with van der Waals surface area (Å²) in [5.74, 6) is 0.911. The van der Waals surface area contributed by atoms with E-state index >= 15 is 0 Å². The molecule has 0 N–H and O–H groups in total. The van der Waals surface area contributed by atoms with Crippen LogP contribution in [0, 0.1) is 11.3 Å². The van der Waals surface area contributed by atoms with Crippen molar-refractivity contribution in [1.82, 2.24) is 0 Å². The van der Waals surface area contributed by atoms with Crippen molar-refractivity contribution in [2.24, 2.45) is 0 Å². The molecule has 1 aromatic carbocycles. The molecule has 0 aliphatic rings. The van der Waals surface area contributed by atoms with Crippen LogP contribution in [0.2, 0.25) is 0 Å². The van der Waals surface area contributed by atoms with Crippen molar-refractivity contribution in [3.63, 3.8) is 0 Å². The van der Waals surface area contributed by atoms with Gasteiger partial charge in [0.05, 0.1) is 18.4 Å². The van der Waals surface area contributed by atoms with Crippen LogP contribution in [0.25, 0.3) is 0 Å². The Hall–Kier alpha value is -2.19. The summed E-state index contributed by atoms with van der Waals surface area (Å²) in [7, 11) is 1.31.